The number of para-hydroxylation sites is 2. The second kappa shape index (κ2) is 5.85. The molecule has 0 spiro atoms. The Morgan fingerprint density at radius 2 is 1.31 bits per heavy atom. The van der Waals surface area contributed by atoms with Gasteiger partial charge in [0.05, 0.1) is 27.9 Å². The first-order valence-corrected chi connectivity index (χ1v) is 8.84. The number of fused-ring (bicyclic) bond motifs is 3. The van der Waals surface area contributed by atoms with Crippen molar-refractivity contribution >= 4 is 16.6 Å². The molecule has 5 aromatic rings. The molecule has 26 heavy (non-hydrogen) atoms. The summed E-state index contributed by atoms with van der Waals surface area (Å²) in [6.45, 7) is 2.17. The number of nitrogens with zero attached hydrogens (tertiary/aromatic N) is 2. The summed E-state index contributed by atoms with van der Waals surface area (Å²) >= 11 is 0. The van der Waals surface area contributed by atoms with Crippen LogP contribution < -0.4 is 0 Å². The van der Waals surface area contributed by atoms with Crippen molar-refractivity contribution < 1.29 is 0 Å². The number of rotatable bonds is 2. The van der Waals surface area contributed by atoms with Crippen LogP contribution in [0.2, 0.25) is 0 Å². The van der Waals surface area contributed by atoms with E-state index in [2.05, 4.69) is 96.3 Å². The highest BCUT2D eigenvalue weighted by Gasteiger charge is 2.17. The molecule has 0 aliphatic heterocycles. The lowest BCUT2D eigenvalue weighted by Gasteiger charge is -2.12. The van der Waals surface area contributed by atoms with Crippen LogP contribution in [0.4, 0.5) is 0 Å². The van der Waals surface area contributed by atoms with Gasteiger partial charge in [-0.1, -0.05) is 72.8 Å². The Morgan fingerprint density at radius 1 is 0.692 bits per heavy atom. The van der Waals surface area contributed by atoms with Gasteiger partial charge in [-0.05, 0) is 36.2 Å². The minimum atomic E-state index is 1.01. The van der Waals surface area contributed by atoms with Gasteiger partial charge < -0.3 is 4.40 Å². The zero-order chi connectivity index (χ0) is 17.5. The van der Waals surface area contributed by atoms with Gasteiger partial charge in [0.2, 0.25) is 0 Å². The molecule has 0 aliphatic rings. The minimum absolute atomic E-state index is 1.01. The summed E-state index contributed by atoms with van der Waals surface area (Å²) in [5.74, 6) is 0. The quantitative estimate of drug-likeness (QED) is 0.379. The van der Waals surface area contributed by atoms with E-state index in [0.717, 1.165) is 22.3 Å². The fourth-order valence-corrected chi connectivity index (χ4v) is 3.72. The zero-order valence-electron chi connectivity index (χ0n) is 14.6. The van der Waals surface area contributed by atoms with E-state index in [1.807, 2.05) is 6.07 Å². The van der Waals surface area contributed by atoms with Crippen molar-refractivity contribution in [2.45, 2.75) is 6.92 Å². The van der Waals surface area contributed by atoms with Gasteiger partial charge in [-0.15, -0.1) is 0 Å². The van der Waals surface area contributed by atoms with Gasteiger partial charge >= 0.3 is 0 Å². The number of aromatic nitrogens is 2. The molecule has 2 heterocycles. The molecular weight excluding hydrogens is 316 g/mol. The lowest BCUT2D eigenvalue weighted by atomic mass is 10.1. The molecule has 3 aromatic carbocycles. The number of hydrogen-bond donors (Lipinski definition) is 0. The summed E-state index contributed by atoms with van der Waals surface area (Å²) in [7, 11) is 0. The Bertz CT molecular complexity index is 1220. The van der Waals surface area contributed by atoms with Gasteiger partial charge in [-0.2, -0.15) is 0 Å². The first-order valence-electron chi connectivity index (χ1n) is 8.84. The van der Waals surface area contributed by atoms with Crippen molar-refractivity contribution in [2.75, 3.05) is 0 Å². The maximum atomic E-state index is 5.02. The van der Waals surface area contributed by atoms with E-state index in [0.29, 0.717) is 0 Å². The van der Waals surface area contributed by atoms with Gasteiger partial charge in [0.1, 0.15) is 0 Å². The molecule has 0 saturated carbocycles. The molecule has 0 radical (unpaired) electrons. The predicted octanol–water partition coefficient (Wildman–Crippen LogP) is 6.13. The SMILES string of the molecule is Cc1cc(-c2ccccc2)n2c1c(-c1ccccc1)nc1ccccc12. The fourth-order valence-electron chi connectivity index (χ4n) is 3.72. The second-order valence-corrected chi connectivity index (χ2v) is 6.58. The van der Waals surface area contributed by atoms with E-state index in [9.17, 15) is 0 Å². The van der Waals surface area contributed by atoms with Crippen molar-refractivity contribution in [3.8, 4) is 22.5 Å². The van der Waals surface area contributed by atoms with Crippen LogP contribution in [0.15, 0.2) is 91.0 Å². The average Bonchev–Trinajstić information content (AvgIpc) is 3.06. The molecule has 0 unspecified atom stereocenters. The second-order valence-electron chi connectivity index (χ2n) is 6.58. The highest BCUT2D eigenvalue weighted by molar-refractivity contribution is 5.92. The monoisotopic (exact) mass is 334 g/mol. The third-order valence-electron chi connectivity index (χ3n) is 4.89. The molecule has 0 fully saturated rings. The molecule has 0 N–H and O–H groups in total. The summed E-state index contributed by atoms with van der Waals surface area (Å²) in [5.41, 5.74) is 9.14. The molecule has 0 saturated heterocycles. The van der Waals surface area contributed by atoms with E-state index in [1.165, 1.54) is 22.3 Å². The molecule has 124 valence electrons. The van der Waals surface area contributed by atoms with Crippen LogP contribution in [-0.4, -0.2) is 9.38 Å². The van der Waals surface area contributed by atoms with Gasteiger partial charge in [0, 0.05) is 5.56 Å². The lowest BCUT2D eigenvalue weighted by molar-refractivity contribution is 1.23. The Balaban J connectivity index is 1.97. The van der Waals surface area contributed by atoms with Crippen molar-refractivity contribution in [3.05, 3.63) is 96.6 Å². The standard InChI is InChI=1S/C24H18N2/c1-17-16-22(18-10-4-2-5-11-18)26-21-15-9-8-14-20(21)25-23(24(17)26)19-12-6-3-7-13-19/h2-16H,1H3. The third kappa shape index (κ3) is 2.23. The van der Waals surface area contributed by atoms with Crippen LogP contribution in [-0.2, 0) is 0 Å². The summed E-state index contributed by atoms with van der Waals surface area (Å²) in [4.78, 5) is 5.02. The third-order valence-corrected chi connectivity index (χ3v) is 4.89. The minimum Gasteiger partial charge on any atom is -0.305 e. The van der Waals surface area contributed by atoms with Crippen LogP contribution in [0.3, 0.4) is 0 Å². The van der Waals surface area contributed by atoms with E-state index in [-0.39, 0.29) is 0 Å². The maximum absolute atomic E-state index is 5.02. The Kier molecular flexibility index (Phi) is 3.36. The Morgan fingerprint density at radius 3 is 2.04 bits per heavy atom. The van der Waals surface area contributed by atoms with Crippen LogP contribution in [0.25, 0.3) is 39.1 Å². The Labute approximate surface area is 152 Å². The predicted molar refractivity (Wildman–Crippen MR) is 108 cm³/mol. The van der Waals surface area contributed by atoms with Crippen LogP contribution in [0.1, 0.15) is 5.56 Å². The maximum Gasteiger partial charge on any atom is 0.0953 e. The largest absolute Gasteiger partial charge is 0.305 e. The molecule has 0 amide bonds. The van der Waals surface area contributed by atoms with E-state index in [1.54, 1.807) is 0 Å². The van der Waals surface area contributed by atoms with E-state index in [4.69, 9.17) is 4.98 Å². The highest BCUT2D eigenvalue weighted by atomic mass is 15.0. The molecule has 0 bridgehead atoms. The smallest absolute Gasteiger partial charge is 0.0953 e. The van der Waals surface area contributed by atoms with Crippen LogP contribution in [0, 0.1) is 6.92 Å². The van der Waals surface area contributed by atoms with E-state index < -0.39 is 0 Å². The summed E-state index contributed by atoms with van der Waals surface area (Å²) < 4.78 is 2.36. The molecule has 2 aromatic heterocycles. The summed E-state index contributed by atoms with van der Waals surface area (Å²) in [6, 6.07) is 31.6. The molecule has 0 aliphatic carbocycles. The van der Waals surface area contributed by atoms with Crippen molar-refractivity contribution in [2.24, 2.45) is 0 Å². The number of hydrogen-bond acceptors (Lipinski definition) is 1. The van der Waals surface area contributed by atoms with Crippen molar-refractivity contribution in [1.29, 1.82) is 0 Å². The summed E-state index contributed by atoms with van der Waals surface area (Å²) in [6.07, 6.45) is 0. The number of benzene rings is 3. The zero-order valence-corrected chi connectivity index (χ0v) is 14.6. The Hall–Kier alpha value is -3.39. The first kappa shape index (κ1) is 14.9. The molecule has 2 heteroatoms. The van der Waals surface area contributed by atoms with E-state index >= 15 is 0 Å². The van der Waals surface area contributed by atoms with Crippen LogP contribution >= 0.6 is 0 Å². The van der Waals surface area contributed by atoms with Crippen molar-refractivity contribution in [1.82, 2.24) is 9.38 Å². The van der Waals surface area contributed by atoms with Gasteiger partial charge in [-0.25, -0.2) is 4.98 Å². The van der Waals surface area contributed by atoms with Gasteiger partial charge in [0.25, 0.3) is 0 Å². The molecule has 0 atom stereocenters. The fraction of sp³-hybridized carbons (Fsp3) is 0.0417. The normalized spacial score (nSPS) is 11.3. The van der Waals surface area contributed by atoms with Gasteiger partial charge in [0.15, 0.2) is 0 Å². The molecule has 2 nitrogen and oxygen atoms in total. The van der Waals surface area contributed by atoms with Crippen LogP contribution in [0.5, 0.6) is 0 Å². The molecular formula is C24H18N2. The summed E-state index contributed by atoms with van der Waals surface area (Å²) in [5, 5.41) is 0. The first-order chi connectivity index (χ1) is 12.8. The highest BCUT2D eigenvalue weighted by Crippen LogP contribution is 2.34. The lowest BCUT2D eigenvalue weighted by Crippen LogP contribution is -1.97. The topological polar surface area (TPSA) is 17.3 Å². The molecule has 5 rings (SSSR count). The van der Waals surface area contributed by atoms with Gasteiger partial charge in [-0.3, -0.25) is 0 Å². The average molecular weight is 334 g/mol. The van der Waals surface area contributed by atoms with Crippen molar-refractivity contribution in [3.63, 3.8) is 0 Å². The number of aryl methyl sites for hydroxylation is 1.